The Hall–Kier alpha value is -3.68. The smallest absolute Gasteiger partial charge is 0.359 e. The van der Waals surface area contributed by atoms with Crippen LogP contribution in [0.25, 0.3) is 28.2 Å². The average Bonchev–Trinajstić information content (AvgIpc) is 3.32. The lowest BCUT2D eigenvalue weighted by atomic mass is 9.99. The minimum Gasteiger partial charge on any atom is -0.370 e. The zero-order valence-corrected chi connectivity index (χ0v) is 17.1. The van der Waals surface area contributed by atoms with Gasteiger partial charge in [-0.15, -0.1) is 0 Å². The van der Waals surface area contributed by atoms with Gasteiger partial charge in [-0.3, -0.25) is 5.32 Å². The molecule has 1 aliphatic rings. The van der Waals surface area contributed by atoms with Crippen molar-refractivity contribution in [3.8, 4) is 11.3 Å². The van der Waals surface area contributed by atoms with E-state index in [0.717, 1.165) is 28.6 Å². The number of nitrogens with zero attached hydrogens (tertiary/aromatic N) is 3. The van der Waals surface area contributed by atoms with Crippen LogP contribution in [-0.2, 0) is 0 Å². The molecule has 0 fully saturated rings. The van der Waals surface area contributed by atoms with Gasteiger partial charge in [0.25, 0.3) is 0 Å². The number of hydrogen-bond donors (Lipinski definition) is 4. The van der Waals surface area contributed by atoms with E-state index >= 15 is 0 Å². The van der Waals surface area contributed by atoms with E-state index in [1.54, 1.807) is 4.57 Å². The summed E-state index contributed by atoms with van der Waals surface area (Å²) in [5, 5.41) is 4.42. The molecule has 6 N–H and O–H groups in total. The van der Waals surface area contributed by atoms with Crippen LogP contribution < -0.4 is 21.4 Å². The summed E-state index contributed by atoms with van der Waals surface area (Å²) >= 11 is 0. The van der Waals surface area contributed by atoms with Crippen LogP contribution in [0.1, 0.15) is 30.8 Å². The van der Waals surface area contributed by atoms with E-state index in [1.165, 1.54) is 0 Å². The molecule has 0 aliphatic carbocycles. The number of aromatic nitrogens is 3. The van der Waals surface area contributed by atoms with E-state index < -0.39 is 0 Å². The molecule has 0 bridgehead atoms. The van der Waals surface area contributed by atoms with Gasteiger partial charge in [-0.1, -0.05) is 38.1 Å². The summed E-state index contributed by atoms with van der Waals surface area (Å²) in [7, 11) is 0. The Kier molecular flexibility index (Phi) is 5.22. The fourth-order valence-corrected chi connectivity index (χ4v) is 3.67. The van der Waals surface area contributed by atoms with Gasteiger partial charge in [0.2, 0.25) is 0 Å². The van der Waals surface area contributed by atoms with Crippen molar-refractivity contribution < 1.29 is 9.36 Å². The lowest BCUT2D eigenvalue weighted by molar-refractivity contribution is -0.552. The predicted octanol–water partition coefficient (Wildman–Crippen LogP) is 2.28. The van der Waals surface area contributed by atoms with Crippen LogP contribution in [-0.4, -0.2) is 34.4 Å². The number of para-hydroxylation sites is 1. The van der Waals surface area contributed by atoms with Crippen LogP contribution in [0, 0.1) is 5.92 Å². The third kappa shape index (κ3) is 3.52. The number of carbonyl (C=O) groups is 1. The first-order valence-electron chi connectivity index (χ1n) is 10.1. The quantitative estimate of drug-likeness (QED) is 0.285. The van der Waals surface area contributed by atoms with Crippen LogP contribution in [0.5, 0.6) is 0 Å². The molecule has 4 rings (SSSR count). The van der Waals surface area contributed by atoms with Gasteiger partial charge in [0.1, 0.15) is 11.9 Å². The monoisotopic (exact) mass is 404 g/mol. The highest BCUT2D eigenvalue weighted by Gasteiger charge is 2.43. The molecule has 0 radical (unpaired) electrons. The van der Waals surface area contributed by atoms with Crippen LogP contribution >= 0.6 is 0 Å². The Morgan fingerprint density at radius 2 is 2.17 bits per heavy atom. The molecule has 0 amide bonds. The Morgan fingerprint density at radius 1 is 1.37 bits per heavy atom. The molecule has 0 saturated heterocycles. The number of anilines is 1. The Bertz CT molecular complexity index is 1160. The van der Waals surface area contributed by atoms with Crippen LogP contribution in [0.4, 0.5) is 5.82 Å². The van der Waals surface area contributed by atoms with Crippen molar-refractivity contribution in [3.05, 3.63) is 48.4 Å². The van der Waals surface area contributed by atoms with Gasteiger partial charge < -0.3 is 16.5 Å². The van der Waals surface area contributed by atoms with E-state index in [0.29, 0.717) is 18.1 Å². The van der Waals surface area contributed by atoms with E-state index in [-0.39, 0.29) is 23.8 Å². The lowest BCUT2D eigenvalue weighted by Gasteiger charge is -2.09. The number of aromatic amines is 1. The number of aliphatic imine (C=N–C) groups is 1. The number of nitrogens with two attached hydrogens (primary N) is 2. The molecule has 8 nitrogen and oxygen atoms in total. The number of nitrogens with one attached hydrogen (secondary N) is 2. The normalized spacial score (nSPS) is 16.6. The van der Waals surface area contributed by atoms with Gasteiger partial charge >= 0.3 is 11.7 Å². The first kappa shape index (κ1) is 19.6. The fraction of sp³-hybridized carbons (Fsp3) is 0.273. The van der Waals surface area contributed by atoms with Gasteiger partial charge in [-0.25, -0.2) is 14.8 Å². The van der Waals surface area contributed by atoms with Crippen molar-refractivity contribution in [2.75, 3.05) is 11.9 Å². The van der Waals surface area contributed by atoms with E-state index in [2.05, 4.69) is 29.1 Å². The van der Waals surface area contributed by atoms with Crippen LogP contribution in [0.2, 0.25) is 0 Å². The second kappa shape index (κ2) is 7.98. The molecule has 154 valence electrons. The molecule has 1 unspecified atom stereocenters. The molecule has 8 heteroatoms. The minimum absolute atomic E-state index is 0.0294. The zero-order valence-electron chi connectivity index (χ0n) is 17.1. The molecule has 0 saturated carbocycles. The number of hydrogen-bond acceptors (Lipinski definition) is 4. The number of benzene rings is 1. The Morgan fingerprint density at radius 3 is 2.93 bits per heavy atom. The van der Waals surface area contributed by atoms with Crippen molar-refractivity contribution in [1.82, 2.24) is 9.97 Å². The maximum absolute atomic E-state index is 13.1. The summed E-state index contributed by atoms with van der Waals surface area (Å²) in [4.78, 5) is 25.2. The summed E-state index contributed by atoms with van der Waals surface area (Å²) in [5.41, 5.74) is 14.2. The second-order valence-electron chi connectivity index (χ2n) is 7.49. The average molecular weight is 404 g/mol. The molecule has 1 aromatic carbocycles. The molecule has 3 heterocycles. The maximum Gasteiger partial charge on any atom is 0.359 e. The highest BCUT2D eigenvalue weighted by Crippen LogP contribution is 2.29. The van der Waals surface area contributed by atoms with Crippen molar-refractivity contribution in [3.63, 3.8) is 0 Å². The molecule has 0 spiro atoms. The number of guanidine groups is 1. The first-order chi connectivity index (χ1) is 14.5. The van der Waals surface area contributed by atoms with Gasteiger partial charge in [0.15, 0.2) is 17.7 Å². The summed E-state index contributed by atoms with van der Waals surface area (Å²) in [6, 6.07) is 7.75. The van der Waals surface area contributed by atoms with Gasteiger partial charge in [-0.05, 0) is 18.6 Å². The fourth-order valence-electron chi connectivity index (χ4n) is 3.67. The molecule has 1 aliphatic heterocycles. The molecule has 3 aromatic rings. The molecular formula is C22H26N7O+. The van der Waals surface area contributed by atoms with Gasteiger partial charge in [0.05, 0.1) is 6.54 Å². The topological polar surface area (TPSA) is 126 Å². The van der Waals surface area contributed by atoms with Crippen molar-refractivity contribution >= 4 is 34.7 Å². The molecule has 2 atom stereocenters. The number of rotatable bonds is 6. The summed E-state index contributed by atoms with van der Waals surface area (Å²) < 4.78 is 1.68. The van der Waals surface area contributed by atoms with Crippen molar-refractivity contribution in [1.29, 1.82) is 0 Å². The summed E-state index contributed by atoms with van der Waals surface area (Å²) in [5.74, 6) is 0.953. The van der Waals surface area contributed by atoms with Crippen molar-refractivity contribution in [2.24, 2.45) is 22.4 Å². The molecule has 30 heavy (non-hydrogen) atoms. The molecule has 2 aromatic heterocycles. The summed E-state index contributed by atoms with van der Waals surface area (Å²) in [6.07, 6.45) is 8.30. The minimum atomic E-state index is -0.278. The Balaban J connectivity index is 1.82. The number of fused-ring (bicyclic) bond motifs is 2. The third-order valence-electron chi connectivity index (χ3n) is 5.50. The SMILES string of the molecule is CC[C@H](C)C1Nc2c(/C=C/CN=C(N)N)nc(-c3c[nH]c4ccccc34)c[n+]2C1=O. The highest BCUT2D eigenvalue weighted by atomic mass is 16.2. The van der Waals surface area contributed by atoms with Gasteiger partial charge in [0, 0.05) is 28.6 Å². The lowest BCUT2D eigenvalue weighted by Crippen LogP contribution is -2.45. The maximum atomic E-state index is 13.1. The van der Waals surface area contributed by atoms with Crippen LogP contribution in [0.15, 0.2) is 47.7 Å². The largest absolute Gasteiger partial charge is 0.370 e. The predicted molar refractivity (Wildman–Crippen MR) is 119 cm³/mol. The molecular weight excluding hydrogens is 378 g/mol. The highest BCUT2D eigenvalue weighted by molar-refractivity contribution is 5.95. The van der Waals surface area contributed by atoms with Gasteiger partial charge in [-0.2, -0.15) is 4.57 Å². The zero-order chi connectivity index (χ0) is 21.3. The Labute approximate surface area is 174 Å². The number of H-pyrrole nitrogens is 1. The van der Waals surface area contributed by atoms with Crippen molar-refractivity contribution in [2.45, 2.75) is 26.3 Å². The second-order valence-corrected chi connectivity index (χ2v) is 7.49. The van der Waals surface area contributed by atoms with Crippen LogP contribution in [0.3, 0.4) is 0 Å². The van der Waals surface area contributed by atoms with E-state index in [9.17, 15) is 4.79 Å². The first-order valence-corrected chi connectivity index (χ1v) is 10.1. The van der Waals surface area contributed by atoms with E-state index in [4.69, 9.17) is 16.5 Å². The third-order valence-corrected chi connectivity index (χ3v) is 5.50. The van der Waals surface area contributed by atoms with E-state index in [1.807, 2.05) is 48.8 Å². The summed E-state index contributed by atoms with van der Waals surface area (Å²) in [6.45, 7) is 4.49. The number of carbonyl (C=O) groups excluding carboxylic acids is 1. The standard InChI is InChI=1S/C22H25N7O/c1-3-13(2)19-21(30)29-12-18(15-11-26-16-8-5-4-7-14(15)16)27-17(20(29)28-19)9-6-10-25-22(23)24/h4-9,11-13,19,26H,3,10H2,1-2H3,(H4,23,24,25)/p+1/b9-6+/t13-,19?/m0/s1.